The van der Waals surface area contributed by atoms with Gasteiger partial charge in [0.15, 0.2) is 0 Å². The van der Waals surface area contributed by atoms with Crippen molar-refractivity contribution in [2.75, 3.05) is 7.05 Å². The third-order valence-corrected chi connectivity index (χ3v) is 3.21. The van der Waals surface area contributed by atoms with E-state index >= 15 is 0 Å². The molecule has 0 radical (unpaired) electrons. The summed E-state index contributed by atoms with van der Waals surface area (Å²) in [6.07, 6.45) is 1.16. The van der Waals surface area contributed by atoms with Crippen LogP contribution in [0.3, 0.4) is 0 Å². The predicted molar refractivity (Wildman–Crippen MR) is 53.4 cm³/mol. The lowest BCUT2D eigenvalue weighted by Crippen LogP contribution is -2.48. The van der Waals surface area contributed by atoms with E-state index in [4.69, 9.17) is 0 Å². The summed E-state index contributed by atoms with van der Waals surface area (Å²) in [6.45, 7) is 7.62. The number of nitrogens with zero attached hydrogens (tertiary/aromatic N) is 3. The predicted octanol–water partition coefficient (Wildman–Crippen LogP) is 1.75. The SMILES string of the molecule is CN1C(C)(C)C(=CN=O)N(O)C1(C)C. The average Bonchev–Trinajstić information content (AvgIpc) is 2.19. The van der Waals surface area contributed by atoms with Crippen molar-refractivity contribution in [2.24, 2.45) is 5.18 Å². The largest absolute Gasteiger partial charge is 0.287 e. The van der Waals surface area contributed by atoms with Gasteiger partial charge in [-0.3, -0.25) is 10.1 Å². The zero-order chi connectivity index (χ0) is 11.1. The normalized spacial score (nSPS) is 28.4. The van der Waals surface area contributed by atoms with Gasteiger partial charge in [0, 0.05) is 0 Å². The van der Waals surface area contributed by atoms with Gasteiger partial charge in [-0.1, -0.05) is 0 Å². The highest BCUT2D eigenvalue weighted by Gasteiger charge is 2.51. The van der Waals surface area contributed by atoms with Gasteiger partial charge in [-0.15, -0.1) is 4.91 Å². The Labute approximate surface area is 83.9 Å². The number of hydrogen-bond acceptors (Lipinski definition) is 5. The summed E-state index contributed by atoms with van der Waals surface area (Å²) < 4.78 is 0. The molecule has 0 aromatic heterocycles. The smallest absolute Gasteiger partial charge is 0.114 e. The first-order chi connectivity index (χ1) is 6.26. The van der Waals surface area contributed by atoms with Crippen molar-refractivity contribution in [2.45, 2.75) is 38.9 Å². The molecule has 0 atom stereocenters. The topological polar surface area (TPSA) is 56.1 Å². The van der Waals surface area contributed by atoms with Gasteiger partial charge in [0.25, 0.3) is 0 Å². The van der Waals surface area contributed by atoms with Crippen LogP contribution in [0.2, 0.25) is 0 Å². The van der Waals surface area contributed by atoms with E-state index in [2.05, 4.69) is 5.18 Å². The molecule has 1 fully saturated rings. The highest BCUT2D eigenvalue weighted by molar-refractivity contribution is 5.23. The molecule has 80 valence electrons. The average molecular weight is 199 g/mol. The summed E-state index contributed by atoms with van der Waals surface area (Å²) in [5.41, 5.74) is -0.411. The molecule has 0 unspecified atom stereocenters. The molecular weight excluding hydrogens is 182 g/mol. The molecule has 0 aromatic rings. The molecule has 1 saturated heterocycles. The van der Waals surface area contributed by atoms with Gasteiger partial charge in [0.1, 0.15) is 5.66 Å². The van der Waals surface area contributed by atoms with E-state index in [1.54, 1.807) is 0 Å². The van der Waals surface area contributed by atoms with E-state index < -0.39 is 11.2 Å². The zero-order valence-electron chi connectivity index (χ0n) is 9.27. The maximum atomic E-state index is 10.2. The molecule has 5 heteroatoms. The van der Waals surface area contributed by atoms with Crippen LogP contribution in [0, 0.1) is 4.91 Å². The molecule has 1 heterocycles. The van der Waals surface area contributed by atoms with Crippen LogP contribution < -0.4 is 0 Å². The highest BCUT2D eigenvalue weighted by Crippen LogP contribution is 2.41. The van der Waals surface area contributed by atoms with E-state index in [1.807, 2.05) is 39.6 Å². The van der Waals surface area contributed by atoms with Crippen molar-refractivity contribution < 1.29 is 5.21 Å². The van der Waals surface area contributed by atoms with Crippen molar-refractivity contribution in [3.8, 4) is 0 Å². The molecule has 1 aliphatic rings. The second kappa shape index (κ2) is 3.03. The van der Waals surface area contributed by atoms with E-state index in [1.165, 1.54) is 0 Å². The molecule has 1 rings (SSSR count). The molecule has 0 aliphatic carbocycles. The Bertz CT molecular complexity index is 284. The van der Waals surface area contributed by atoms with Gasteiger partial charge in [-0.25, -0.2) is 5.06 Å². The number of hydroxylamine groups is 2. The third kappa shape index (κ3) is 1.24. The van der Waals surface area contributed by atoms with Gasteiger partial charge < -0.3 is 0 Å². The van der Waals surface area contributed by atoms with Crippen LogP contribution in [0.4, 0.5) is 0 Å². The van der Waals surface area contributed by atoms with Crippen molar-refractivity contribution in [1.29, 1.82) is 0 Å². The Kier molecular flexibility index (Phi) is 2.41. The maximum Gasteiger partial charge on any atom is 0.114 e. The number of hydrogen-bond donors (Lipinski definition) is 1. The summed E-state index contributed by atoms with van der Waals surface area (Å²) in [5, 5.41) is 13.7. The van der Waals surface area contributed by atoms with Crippen LogP contribution in [-0.4, -0.2) is 33.4 Å². The number of nitroso groups, excluding NO2 is 1. The molecule has 0 bridgehead atoms. The first-order valence-electron chi connectivity index (χ1n) is 4.52. The van der Waals surface area contributed by atoms with Gasteiger partial charge in [0.05, 0.1) is 17.4 Å². The number of likely N-dealkylation sites (N-methyl/N-ethyl adjacent to an activating group) is 1. The summed E-state index contributed by atoms with van der Waals surface area (Å²) in [6, 6.07) is 0. The first-order valence-corrected chi connectivity index (χ1v) is 4.52. The fourth-order valence-corrected chi connectivity index (χ4v) is 1.81. The molecular formula is C9H17N3O2. The summed E-state index contributed by atoms with van der Waals surface area (Å²) >= 11 is 0. The molecule has 0 spiro atoms. The van der Waals surface area contributed by atoms with Gasteiger partial charge in [-0.2, -0.15) is 0 Å². The van der Waals surface area contributed by atoms with Crippen LogP contribution in [0.5, 0.6) is 0 Å². The minimum Gasteiger partial charge on any atom is -0.287 e. The minimum atomic E-state index is -0.528. The van der Waals surface area contributed by atoms with E-state index in [0.29, 0.717) is 5.70 Å². The van der Waals surface area contributed by atoms with Crippen molar-refractivity contribution >= 4 is 0 Å². The summed E-state index contributed by atoms with van der Waals surface area (Å²) in [4.78, 5) is 12.2. The molecule has 5 nitrogen and oxygen atoms in total. The monoisotopic (exact) mass is 199 g/mol. The van der Waals surface area contributed by atoms with Crippen LogP contribution in [0.15, 0.2) is 17.1 Å². The van der Waals surface area contributed by atoms with Crippen molar-refractivity contribution in [3.05, 3.63) is 16.8 Å². The van der Waals surface area contributed by atoms with Crippen molar-refractivity contribution in [1.82, 2.24) is 9.96 Å². The number of rotatable bonds is 1. The maximum absolute atomic E-state index is 10.2. The third-order valence-electron chi connectivity index (χ3n) is 3.21. The molecule has 14 heavy (non-hydrogen) atoms. The molecule has 1 N–H and O–H groups in total. The quantitative estimate of drug-likeness (QED) is 0.653. The Morgan fingerprint density at radius 2 is 1.86 bits per heavy atom. The molecule has 0 saturated carbocycles. The van der Waals surface area contributed by atoms with E-state index in [-0.39, 0.29) is 0 Å². The Morgan fingerprint density at radius 1 is 1.36 bits per heavy atom. The van der Waals surface area contributed by atoms with Crippen LogP contribution in [0.1, 0.15) is 27.7 Å². The fraction of sp³-hybridized carbons (Fsp3) is 0.778. The van der Waals surface area contributed by atoms with Crippen LogP contribution >= 0.6 is 0 Å². The van der Waals surface area contributed by atoms with E-state index in [9.17, 15) is 10.1 Å². The minimum absolute atomic E-state index is 0.397. The zero-order valence-corrected chi connectivity index (χ0v) is 9.27. The standard InChI is InChI=1S/C9H17N3O2/c1-8(2)7(6-10-13)12(14)9(3,4)11(8)5/h6,14H,1-5H3. The van der Waals surface area contributed by atoms with Crippen LogP contribution in [-0.2, 0) is 0 Å². The Balaban J connectivity index is 3.23. The van der Waals surface area contributed by atoms with Gasteiger partial charge in [0.2, 0.25) is 0 Å². The van der Waals surface area contributed by atoms with Crippen molar-refractivity contribution in [3.63, 3.8) is 0 Å². The van der Waals surface area contributed by atoms with Gasteiger partial charge in [-0.05, 0) is 39.9 Å². The first kappa shape index (κ1) is 11.1. The van der Waals surface area contributed by atoms with E-state index in [0.717, 1.165) is 11.3 Å². The second-order valence-corrected chi connectivity index (χ2v) is 4.54. The highest BCUT2D eigenvalue weighted by atomic mass is 16.5. The second-order valence-electron chi connectivity index (χ2n) is 4.54. The van der Waals surface area contributed by atoms with Gasteiger partial charge >= 0.3 is 0 Å². The fourth-order valence-electron chi connectivity index (χ4n) is 1.81. The molecule has 0 aromatic carbocycles. The lowest BCUT2D eigenvalue weighted by molar-refractivity contribution is -0.147. The summed E-state index contributed by atoms with van der Waals surface area (Å²) in [5.74, 6) is 0. The Hall–Kier alpha value is -0.940. The van der Waals surface area contributed by atoms with Crippen LogP contribution in [0.25, 0.3) is 0 Å². The summed E-state index contributed by atoms with van der Waals surface area (Å²) in [7, 11) is 1.90. The Morgan fingerprint density at radius 3 is 2.14 bits per heavy atom. The lowest BCUT2D eigenvalue weighted by atomic mass is 10.0. The lowest BCUT2D eigenvalue weighted by Gasteiger charge is -2.35. The molecule has 0 amide bonds. The molecule has 1 aliphatic heterocycles.